The van der Waals surface area contributed by atoms with Crippen molar-refractivity contribution in [2.45, 2.75) is 19.9 Å². The summed E-state index contributed by atoms with van der Waals surface area (Å²) in [5, 5.41) is 0. The number of alkyl halides is 1. The van der Waals surface area contributed by atoms with E-state index in [1.807, 2.05) is 0 Å². The second-order valence-corrected chi connectivity index (χ2v) is 6.16. The van der Waals surface area contributed by atoms with Crippen LogP contribution < -0.4 is 0 Å². The number of hydrogen-bond donors (Lipinski definition) is 0. The number of carbonyl (C=O) groups is 1. The molecule has 0 radical (unpaired) electrons. The van der Waals surface area contributed by atoms with E-state index >= 15 is 0 Å². The normalized spacial score (nSPS) is 12.1. The van der Waals surface area contributed by atoms with Gasteiger partial charge in [-0.05, 0) is 13.8 Å². The minimum Gasteiger partial charge on any atom is -0.468 e. The number of hydrogen-bond acceptors (Lipinski definition) is 4. The van der Waals surface area contributed by atoms with Crippen molar-refractivity contribution in [3.05, 3.63) is 0 Å². The molecule has 7 heteroatoms. The Kier molecular flexibility index (Phi) is 5.61. The topological polar surface area (TPSA) is 63.7 Å². The Balaban J connectivity index is 4.71. The predicted molar refractivity (Wildman–Crippen MR) is 56.6 cm³/mol. The van der Waals surface area contributed by atoms with E-state index in [0.29, 0.717) is 0 Å². The molecule has 0 aromatic rings. The third-order valence-electron chi connectivity index (χ3n) is 1.58. The van der Waals surface area contributed by atoms with Gasteiger partial charge in [0.05, 0.1) is 7.11 Å². The summed E-state index contributed by atoms with van der Waals surface area (Å²) < 4.78 is 28.2. The molecule has 0 heterocycles. The predicted octanol–water partition coefficient (Wildman–Crippen LogP) is 0.552. The van der Waals surface area contributed by atoms with Gasteiger partial charge >= 0.3 is 5.97 Å². The Hall–Kier alpha value is -0.140. The first-order chi connectivity index (χ1) is 6.35. The number of nitrogens with zero attached hydrogens (tertiary/aromatic N) is 1. The molecule has 0 amide bonds. The van der Waals surface area contributed by atoms with Crippen molar-refractivity contribution in [1.82, 2.24) is 4.31 Å². The lowest BCUT2D eigenvalue weighted by molar-refractivity contribution is -0.141. The minimum atomic E-state index is -3.42. The van der Waals surface area contributed by atoms with Gasteiger partial charge < -0.3 is 4.74 Å². The van der Waals surface area contributed by atoms with Crippen molar-refractivity contribution in [3.8, 4) is 0 Å². The van der Waals surface area contributed by atoms with Crippen LogP contribution in [-0.4, -0.2) is 43.1 Å². The first kappa shape index (κ1) is 13.9. The second kappa shape index (κ2) is 5.67. The number of ether oxygens (including phenoxy) is 1. The first-order valence-electron chi connectivity index (χ1n) is 3.97. The van der Waals surface area contributed by atoms with E-state index in [4.69, 9.17) is 0 Å². The molecule has 0 aliphatic carbocycles. The molecule has 0 fully saturated rings. The highest BCUT2D eigenvalue weighted by atomic mass is 79.9. The fourth-order valence-corrected chi connectivity index (χ4v) is 2.72. The van der Waals surface area contributed by atoms with Gasteiger partial charge in [-0.2, -0.15) is 4.31 Å². The molecule has 0 atom stereocenters. The molecule has 0 rings (SSSR count). The van der Waals surface area contributed by atoms with Crippen LogP contribution in [0.1, 0.15) is 13.8 Å². The Bertz CT molecular complexity index is 288. The Labute approximate surface area is 92.6 Å². The number of rotatable bonds is 5. The maximum Gasteiger partial charge on any atom is 0.321 e. The van der Waals surface area contributed by atoms with E-state index in [0.717, 1.165) is 4.31 Å². The summed E-state index contributed by atoms with van der Waals surface area (Å²) in [5.74, 6) is -0.566. The van der Waals surface area contributed by atoms with Gasteiger partial charge in [-0.25, -0.2) is 8.42 Å². The largest absolute Gasteiger partial charge is 0.468 e. The fraction of sp³-hybridized carbons (Fsp3) is 0.857. The van der Waals surface area contributed by atoms with E-state index in [1.165, 1.54) is 7.11 Å². The Morgan fingerprint density at radius 1 is 1.50 bits per heavy atom. The van der Waals surface area contributed by atoms with Crippen LogP contribution in [0, 0.1) is 0 Å². The summed E-state index contributed by atoms with van der Waals surface area (Å²) in [6.45, 7) is 3.15. The summed E-state index contributed by atoms with van der Waals surface area (Å²) >= 11 is 2.87. The molecular formula is C7H14BrNO4S. The van der Waals surface area contributed by atoms with Crippen LogP contribution in [0.15, 0.2) is 0 Å². The van der Waals surface area contributed by atoms with Gasteiger partial charge in [-0.15, -0.1) is 0 Å². The van der Waals surface area contributed by atoms with Gasteiger partial charge in [0, 0.05) is 6.04 Å². The molecule has 0 saturated heterocycles. The third kappa shape index (κ3) is 3.93. The van der Waals surface area contributed by atoms with Gasteiger partial charge in [0.2, 0.25) is 10.0 Å². The van der Waals surface area contributed by atoms with Crippen LogP contribution in [0.2, 0.25) is 0 Å². The zero-order valence-electron chi connectivity index (χ0n) is 8.36. The van der Waals surface area contributed by atoms with Gasteiger partial charge in [-0.1, -0.05) is 15.9 Å². The zero-order chi connectivity index (χ0) is 11.4. The lowest BCUT2D eigenvalue weighted by Gasteiger charge is -2.23. The summed E-state index contributed by atoms with van der Waals surface area (Å²) in [5.41, 5.74) is 0. The number of methoxy groups -OCH3 is 1. The van der Waals surface area contributed by atoms with Crippen LogP contribution >= 0.6 is 15.9 Å². The molecule has 84 valence electrons. The number of sulfonamides is 1. The number of carbonyl (C=O) groups excluding carboxylic acids is 1. The standard InChI is InChI=1S/C7H14BrNO4S/c1-6(2)9(4-7(10)13-3)14(11,12)5-8/h6H,4-5H2,1-3H3. The van der Waals surface area contributed by atoms with Crippen molar-refractivity contribution in [1.29, 1.82) is 0 Å². The molecule has 0 aliphatic heterocycles. The molecule has 0 aromatic carbocycles. The number of halogens is 1. The molecule has 0 N–H and O–H groups in total. The van der Waals surface area contributed by atoms with Crippen molar-refractivity contribution in [3.63, 3.8) is 0 Å². The molecular weight excluding hydrogens is 274 g/mol. The van der Waals surface area contributed by atoms with Crippen LogP contribution in [-0.2, 0) is 19.6 Å². The van der Waals surface area contributed by atoms with Crippen molar-refractivity contribution in [2.24, 2.45) is 0 Å². The van der Waals surface area contributed by atoms with E-state index in [-0.39, 0.29) is 17.2 Å². The highest BCUT2D eigenvalue weighted by Gasteiger charge is 2.26. The van der Waals surface area contributed by atoms with E-state index in [2.05, 4.69) is 20.7 Å². The Morgan fingerprint density at radius 3 is 2.29 bits per heavy atom. The minimum absolute atomic E-state index is 0.199. The molecule has 0 bridgehead atoms. The summed E-state index contributed by atoms with van der Waals surface area (Å²) in [6.07, 6.45) is 0. The average Bonchev–Trinajstić information content (AvgIpc) is 2.12. The van der Waals surface area contributed by atoms with Crippen molar-refractivity contribution < 1.29 is 17.9 Å². The van der Waals surface area contributed by atoms with E-state index in [9.17, 15) is 13.2 Å². The molecule has 0 aromatic heterocycles. The van der Waals surface area contributed by atoms with Gasteiger partial charge in [0.25, 0.3) is 0 Å². The summed E-state index contributed by atoms with van der Waals surface area (Å²) in [7, 11) is -2.19. The Morgan fingerprint density at radius 2 is 2.00 bits per heavy atom. The average molecular weight is 288 g/mol. The molecule has 0 saturated carbocycles. The monoisotopic (exact) mass is 287 g/mol. The first-order valence-corrected chi connectivity index (χ1v) is 6.70. The van der Waals surface area contributed by atoms with Crippen molar-refractivity contribution >= 4 is 31.9 Å². The van der Waals surface area contributed by atoms with E-state index in [1.54, 1.807) is 13.8 Å². The SMILES string of the molecule is COC(=O)CN(C(C)C)S(=O)(=O)CBr. The lowest BCUT2D eigenvalue weighted by Crippen LogP contribution is -2.41. The van der Waals surface area contributed by atoms with Gasteiger partial charge in [0.15, 0.2) is 0 Å². The molecule has 0 spiro atoms. The van der Waals surface area contributed by atoms with Gasteiger partial charge in [0.1, 0.15) is 11.2 Å². The molecule has 14 heavy (non-hydrogen) atoms. The maximum atomic E-state index is 11.5. The van der Waals surface area contributed by atoms with Crippen LogP contribution in [0.4, 0.5) is 0 Å². The zero-order valence-corrected chi connectivity index (χ0v) is 10.8. The highest BCUT2D eigenvalue weighted by molar-refractivity contribution is 9.10. The molecule has 5 nitrogen and oxygen atoms in total. The molecule has 0 unspecified atom stereocenters. The highest BCUT2D eigenvalue weighted by Crippen LogP contribution is 2.09. The summed E-state index contributed by atoms with van der Waals surface area (Å²) in [4.78, 5) is 10.9. The maximum absolute atomic E-state index is 11.5. The van der Waals surface area contributed by atoms with Crippen molar-refractivity contribution in [2.75, 3.05) is 18.3 Å². The smallest absolute Gasteiger partial charge is 0.321 e. The second-order valence-electron chi connectivity index (χ2n) is 2.94. The number of esters is 1. The molecule has 0 aliphatic rings. The van der Waals surface area contributed by atoms with Crippen LogP contribution in [0.5, 0.6) is 0 Å². The van der Waals surface area contributed by atoms with Gasteiger partial charge in [-0.3, -0.25) is 4.79 Å². The fourth-order valence-electron chi connectivity index (χ4n) is 0.857. The lowest BCUT2D eigenvalue weighted by atomic mass is 10.4. The quantitative estimate of drug-likeness (QED) is 0.547. The third-order valence-corrected chi connectivity index (χ3v) is 4.86. The van der Waals surface area contributed by atoms with Crippen LogP contribution in [0.25, 0.3) is 0 Å². The van der Waals surface area contributed by atoms with E-state index < -0.39 is 16.0 Å². The summed E-state index contributed by atoms with van der Waals surface area (Å²) in [6, 6.07) is -0.267. The van der Waals surface area contributed by atoms with Crippen LogP contribution in [0.3, 0.4) is 0 Å².